The van der Waals surface area contributed by atoms with Crippen LogP contribution in [-0.4, -0.2) is 35.6 Å². The number of carboxylic acid groups (broad SMARTS) is 1. The molecule has 0 saturated heterocycles. The van der Waals surface area contributed by atoms with Crippen LogP contribution >= 0.6 is 0 Å². The maximum absolute atomic E-state index is 12.2. The predicted octanol–water partition coefficient (Wildman–Crippen LogP) is 2.31. The van der Waals surface area contributed by atoms with Crippen molar-refractivity contribution in [2.75, 3.05) is 13.7 Å². The second-order valence-electron chi connectivity index (χ2n) is 5.51. The Morgan fingerprint density at radius 3 is 2.52 bits per heavy atom. The second-order valence-corrected chi connectivity index (χ2v) is 5.51. The van der Waals surface area contributed by atoms with E-state index in [1.807, 2.05) is 0 Å². The Bertz CT molecular complexity index is 838. The average Bonchev–Trinajstić information content (AvgIpc) is 2.65. The summed E-state index contributed by atoms with van der Waals surface area (Å²) in [6, 6.07) is 11.3. The van der Waals surface area contributed by atoms with Crippen LogP contribution in [0.3, 0.4) is 0 Å². The third-order valence-corrected chi connectivity index (χ3v) is 3.63. The fourth-order valence-electron chi connectivity index (χ4n) is 2.40. The summed E-state index contributed by atoms with van der Waals surface area (Å²) in [6.07, 6.45) is -0.429. The van der Waals surface area contributed by atoms with Crippen molar-refractivity contribution < 1.29 is 29.1 Å². The highest BCUT2D eigenvalue weighted by Crippen LogP contribution is 2.26. The number of nitrogens with zero attached hydrogens (tertiary/aromatic N) is 1. The standard InChI is InChI=1S/C18H18N2O7/c1-26-15-7-2-3-8-16(15)27-11-17(21)19-14(10-18(22)23)12-5-4-6-13(9-12)20(24)25/h2-9,14H,10-11H2,1H3,(H,19,21)(H,22,23)/t14-/m0/s1. The molecule has 9 nitrogen and oxygen atoms in total. The number of hydrogen-bond donors (Lipinski definition) is 2. The molecule has 2 aromatic carbocycles. The van der Waals surface area contributed by atoms with Crippen LogP contribution < -0.4 is 14.8 Å². The van der Waals surface area contributed by atoms with Gasteiger partial charge in [-0.15, -0.1) is 0 Å². The second kappa shape index (κ2) is 9.18. The normalized spacial score (nSPS) is 11.3. The van der Waals surface area contributed by atoms with Crippen molar-refractivity contribution in [1.82, 2.24) is 5.32 Å². The van der Waals surface area contributed by atoms with Gasteiger partial charge in [-0.1, -0.05) is 24.3 Å². The molecule has 0 aliphatic carbocycles. The molecule has 142 valence electrons. The molecule has 0 bridgehead atoms. The van der Waals surface area contributed by atoms with Crippen molar-refractivity contribution in [1.29, 1.82) is 0 Å². The number of methoxy groups -OCH3 is 1. The topological polar surface area (TPSA) is 128 Å². The minimum Gasteiger partial charge on any atom is -0.493 e. The van der Waals surface area contributed by atoms with Gasteiger partial charge >= 0.3 is 5.97 Å². The van der Waals surface area contributed by atoms with E-state index in [1.54, 1.807) is 24.3 Å². The van der Waals surface area contributed by atoms with Gasteiger partial charge in [-0.3, -0.25) is 19.7 Å². The zero-order valence-corrected chi connectivity index (χ0v) is 14.5. The van der Waals surface area contributed by atoms with Crippen LogP contribution in [0.1, 0.15) is 18.0 Å². The van der Waals surface area contributed by atoms with Gasteiger partial charge in [-0.25, -0.2) is 0 Å². The number of ether oxygens (including phenoxy) is 2. The minimum atomic E-state index is -1.16. The Balaban J connectivity index is 2.09. The zero-order chi connectivity index (χ0) is 19.8. The van der Waals surface area contributed by atoms with Gasteiger partial charge in [-0.05, 0) is 17.7 Å². The van der Waals surface area contributed by atoms with Crippen LogP contribution in [0.25, 0.3) is 0 Å². The average molecular weight is 374 g/mol. The summed E-state index contributed by atoms with van der Waals surface area (Å²) in [5.41, 5.74) is 0.125. The number of nitro benzene ring substituents is 1. The molecule has 0 aliphatic rings. The molecule has 1 atom stereocenters. The summed E-state index contributed by atoms with van der Waals surface area (Å²) in [4.78, 5) is 33.6. The smallest absolute Gasteiger partial charge is 0.305 e. The fraction of sp³-hybridized carbons (Fsp3) is 0.222. The van der Waals surface area contributed by atoms with Gasteiger partial charge in [0.25, 0.3) is 11.6 Å². The number of aliphatic carboxylic acids is 1. The molecule has 2 aromatic rings. The van der Waals surface area contributed by atoms with Crippen molar-refractivity contribution in [3.63, 3.8) is 0 Å². The minimum absolute atomic E-state index is 0.192. The fourth-order valence-corrected chi connectivity index (χ4v) is 2.40. The lowest BCUT2D eigenvalue weighted by molar-refractivity contribution is -0.384. The third kappa shape index (κ3) is 5.70. The highest BCUT2D eigenvalue weighted by atomic mass is 16.6. The SMILES string of the molecule is COc1ccccc1OCC(=O)N[C@@H](CC(=O)O)c1cccc([N+](=O)[O-])c1. The summed E-state index contributed by atoms with van der Waals surface area (Å²) < 4.78 is 10.5. The van der Waals surface area contributed by atoms with E-state index in [-0.39, 0.29) is 12.3 Å². The molecule has 9 heteroatoms. The van der Waals surface area contributed by atoms with Gasteiger partial charge in [-0.2, -0.15) is 0 Å². The number of carbonyl (C=O) groups is 2. The van der Waals surface area contributed by atoms with E-state index in [2.05, 4.69) is 5.32 Å². The first-order valence-corrected chi connectivity index (χ1v) is 7.92. The Hall–Kier alpha value is -3.62. The summed E-state index contributed by atoms with van der Waals surface area (Å²) in [7, 11) is 1.47. The first-order chi connectivity index (χ1) is 12.9. The molecular weight excluding hydrogens is 356 g/mol. The maximum atomic E-state index is 12.2. The molecule has 0 spiro atoms. The van der Waals surface area contributed by atoms with Gasteiger partial charge in [0.2, 0.25) is 0 Å². The lowest BCUT2D eigenvalue weighted by Crippen LogP contribution is -2.34. The Labute approximate surface area is 154 Å². The number of hydrogen-bond acceptors (Lipinski definition) is 6. The molecule has 1 amide bonds. The molecule has 2 rings (SSSR count). The summed E-state index contributed by atoms with van der Waals surface area (Å²) in [5.74, 6) is -0.914. The summed E-state index contributed by atoms with van der Waals surface area (Å²) >= 11 is 0. The molecule has 27 heavy (non-hydrogen) atoms. The molecule has 0 heterocycles. The largest absolute Gasteiger partial charge is 0.493 e. The highest BCUT2D eigenvalue weighted by molar-refractivity contribution is 5.79. The van der Waals surface area contributed by atoms with Crippen LogP contribution in [0.2, 0.25) is 0 Å². The van der Waals surface area contributed by atoms with E-state index < -0.39 is 29.3 Å². The molecule has 0 fully saturated rings. The number of amides is 1. The Morgan fingerprint density at radius 2 is 1.89 bits per heavy atom. The Kier molecular flexibility index (Phi) is 6.70. The number of nitro groups is 1. The first kappa shape index (κ1) is 19.7. The van der Waals surface area contributed by atoms with E-state index in [1.165, 1.54) is 31.4 Å². The lowest BCUT2D eigenvalue weighted by Gasteiger charge is -2.18. The number of para-hydroxylation sites is 2. The molecule has 0 aliphatic heterocycles. The van der Waals surface area contributed by atoms with Crippen LogP contribution in [0.15, 0.2) is 48.5 Å². The zero-order valence-electron chi connectivity index (χ0n) is 14.5. The predicted molar refractivity (Wildman–Crippen MR) is 94.7 cm³/mol. The maximum Gasteiger partial charge on any atom is 0.305 e. The van der Waals surface area contributed by atoms with Crippen molar-refractivity contribution in [3.05, 3.63) is 64.2 Å². The number of rotatable bonds is 9. The number of carbonyl (C=O) groups excluding carboxylic acids is 1. The van der Waals surface area contributed by atoms with E-state index in [0.29, 0.717) is 17.1 Å². The molecule has 0 radical (unpaired) electrons. The van der Waals surface area contributed by atoms with Gasteiger partial charge in [0.15, 0.2) is 18.1 Å². The van der Waals surface area contributed by atoms with E-state index in [9.17, 15) is 19.7 Å². The van der Waals surface area contributed by atoms with Crippen molar-refractivity contribution in [2.24, 2.45) is 0 Å². The molecular formula is C18H18N2O7. The van der Waals surface area contributed by atoms with Crippen LogP contribution in [0.4, 0.5) is 5.69 Å². The Morgan fingerprint density at radius 1 is 1.19 bits per heavy atom. The third-order valence-electron chi connectivity index (χ3n) is 3.63. The first-order valence-electron chi connectivity index (χ1n) is 7.92. The molecule has 0 aromatic heterocycles. The summed E-state index contributed by atoms with van der Waals surface area (Å²) in [5, 5.41) is 22.5. The molecule has 0 saturated carbocycles. The number of benzene rings is 2. The van der Waals surface area contributed by atoms with Crippen LogP contribution in [0, 0.1) is 10.1 Å². The lowest BCUT2D eigenvalue weighted by atomic mass is 10.0. The summed E-state index contributed by atoms with van der Waals surface area (Å²) in [6.45, 7) is -0.370. The van der Waals surface area contributed by atoms with Crippen molar-refractivity contribution in [2.45, 2.75) is 12.5 Å². The van der Waals surface area contributed by atoms with Crippen molar-refractivity contribution in [3.8, 4) is 11.5 Å². The van der Waals surface area contributed by atoms with E-state index in [0.717, 1.165) is 0 Å². The quantitative estimate of drug-likeness (QED) is 0.509. The monoisotopic (exact) mass is 374 g/mol. The van der Waals surface area contributed by atoms with E-state index >= 15 is 0 Å². The molecule has 2 N–H and O–H groups in total. The number of non-ortho nitro benzene ring substituents is 1. The molecule has 0 unspecified atom stereocenters. The van der Waals surface area contributed by atoms with Crippen LogP contribution in [-0.2, 0) is 9.59 Å². The number of carboxylic acids is 1. The van der Waals surface area contributed by atoms with Gasteiger partial charge in [0.1, 0.15) is 0 Å². The number of nitrogens with one attached hydrogen (secondary N) is 1. The van der Waals surface area contributed by atoms with Gasteiger partial charge in [0, 0.05) is 12.1 Å². The highest BCUT2D eigenvalue weighted by Gasteiger charge is 2.20. The van der Waals surface area contributed by atoms with Crippen molar-refractivity contribution >= 4 is 17.6 Å². The van der Waals surface area contributed by atoms with Crippen LogP contribution in [0.5, 0.6) is 11.5 Å². The van der Waals surface area contributed by atoms with Gasteiger partial charge in [0.05, 0.1) is 24.5 Å². The van der Waals surface area contributed by atoms with E-state index in [4.69, 9.17) is 14.6 Å². The van der Waals surface area contributed by atoms with Gasteiger partial charge < -0.3 is 19.9 Å².